The first-order valence-electron chi connectivity index (χ1n) is 10.5. The Hall–Kier alpha value is -3.45. The van der Waals surface area contributed by atoms with Gasteiger partial charge in [0, 0.05) is 36.3 Å². The average molecular weight is 416 g/mol. The smallest absolute Gasteiger partial charge is 0.254 e. The maximum atomic E-state index is 12.8. The lowest BCUT2D eigenvalue weighted by atomic mass is 9.98. The standard InChI is InChI=1S/C24H24N4O3/c29-22-14-20-21(16-28(22)15-17-4-2-1-3-5-17)25-26-23(20)18-6-8-19(9-7-18)24(30)27-10-12-31-13-11-27/h1-9H,10-16H2,(H,25,26). The predicted octanol–water partition coefficient (Wildman–Crippen LogP) is 2.63. The van der Waals surface area contributed by atoms with Crippen molar-refractivity contribution in [2.24, 2.45) is 0 Å². The molecule has 2 aliphatic heterocycles. The van der Waals surface area contributed by atoms with Gasteiger partial charge < -0.3 is 14.5 Å². The van der Waals surface area contributed by atoms with Gasteiger partial charge in [-0.25, -0.2) is 0 Å². The van der Waals surface area contributed by atoms with E-state index in [4.69, 9.17) is 4.74 Å². The fraction of sp³-hybridized carbons (Fsp3) is 0.292. The fourth-order valence-corrected chi connectivity index (χ4v) is 4.17. The molecule has 0 atom stereocenters. The number of rotatable bonds is 4. The third kappa shape index (κ3) is 3.96. The highest BCUT2D eigenvalue weighted by Gasteiger charge is 2.28. The van der Waals surface area contributed by atoms with E-state index in [0.717, 1.165) is 28.1 Å². The Morgan fingerprint density at radius 3 is 2.52 bits per heavy atom. The zero-order valence-corrected chi connectivity index (χ0v) is 17.2. The van der Waals surface area contributed by atoms with Crippen molar-refractivity contribution in [3.8, 4) is 11.3 Å². The summed E-state index contributed by atoms with van der Waals surface area (Å²) < 4.78 is 5.32. The number of nitrogens with zero attached hydrogens (tertiary/aromatic N) is 3. The predicted molar refractivity (Wildman–Crippen MR) is 115 cm³/mol. The number of aromatic amines is 1. The number of ether oxygens (including phenoxy) is 1. The molecule has 0 bridgehead atoms. The molecule has 0 radical (unpaired) electrons. The average Bonchev–Trinajstić information content (AvgIpc) is 3.22. The van der Waals surface area contributed by atoms with Crippen LogP contribution >= 0.6 is 0 Å². The van der Waals surface area contributed by atoms with Crippen LogP contribution in [0.2, 0.25) is 0 Å². The lowest BCUT2D eigenvalue weighted by molar-refractivity contribution is -0.132. The van der Waals surface area contributed by atoms with Crippen LogP contribution in [0.1, 0.15) is 27.2 Å². The number of hydrogen-bond donors (Lipinski definition) is 1. The van der Waals surface area contributed by atoms with E-state index < -0.39 is 0 Å². The molecule has 2 amide bonds. The molecule has 2 aromatic carbocycles. The molecule has 5 rings (SSSR count). The van der Waals surface area contributed by atoms with E-state index in [1.165, 1.54) is 0 Å². The second-order valence-electron chi connectivity index (χ2n) is 7.92. The molecule has 158 valence electrons. The van der Waals surface area contributed by atoms with Crippen molar-refractivity contribution in [2.45, 2.75) is 19.5 Å². The van der Waals surface area contributed by atoms with Crippen molar-refractivity contribution in [3.05, 3.63) is 77.0 Å². The number of benzene rings is 2. The summed E-state index contributed by atoms with van der Waals surface area (Å²) in [6, 6.07) is 17.5. The number of carbonyl (C=O) groups excluding carboxylic acids is 2. The van der Waals surface area contributed by atoms with Crippen molar-refractivity contribution >= 4 is 11.8 Å². The molecule has 31 heavy (non-hydrogen) atoms. The Morgan fingerprint density at radius 2 is 1.77 bits per heavy atom. The largest absolute Gasteiger partial charge is 0.378 e. The minimum absolute atomic E-state index is 0.0191. The minimum atomic E-state index is 0.0191. The maximum Gasteiger partial charge on any atom is 0.254 e. The monoisotopic (exact) mass is 416 g/mol. The molecule has 7 heteroatoms. The van der Waals surface area contributed by atoms with Crippen LogP contribution in [0.15, 0.2) is 54.6 Å². The van der Waals surface area contributed by atoms with Crippen molar-refractivity contribution in [2.75, 3.05) is 26.3 Å². The van der Waals surface area contributed by atoms with Crippen molar-refractivity contribution in [3.63, 3.8) is 0 Å². The summed E-state index contributed by atoms with van der Waals surface area (Å²) in [4.78, 5) is 29.1. The molecule has 0 saturated carbocycles. The van der Waals surface area contributed by atoms with E-state index in [0.29, 0.717) is 51.4 Å². The van der Waals surface area contributed by atoms with Gasteiger partial charge in [-0.15, -0.1) is 0 Å². The highest BCUT2D eigenvalue weighted by atomic mass is 16.5. The number of carbonyl (C=O) groups is 2. The fourth-order valence-electron chi connectivity index (χ4n) is 4.17. The minimum Gasteiger partial charge on any atom is -0.378 e. The summed E-state index contributed by atoms with van der Waals surface area (Å²) in [5, 5.41) is 7.61. The van der Waals surface area contributed by atoms with Gasteiger partial charge in [0.2, 0.25) is 5.91 Å². The van der Waals surface area contributed by atoms with E-state index in [2.05, 4.69) is 10.2 Å². The third-order valence-electron chi connectivity index (χ3n) is 5.90. The second kappa shape index (κ2) is 8.35. The van der Waals surface area contributed by atoms with Gasteiger partial charge in [-0.3, -0.25) is 14.7 Å². The van der Waals surface area contributed by atoms with Crippen LogP contribution in [0, 0.1) is 0 Å². The highest BCUT2D eigenvalue weighted by molar-refractivity contribution is 5.95. The molecule has 0 unspecified atom stereocenters. The van der Waals surface area contributed by atoms with Gasteiger partial charge >= 0.3 is 0 Å². The SMILES string of the molecule is O=C1Cc2c(-c3ccc(C(=O)N4CCOCC4)cc3)n[nH]c2CN1Cc1ccccc1. The second-order valence-corrected chi connectivity index (χ2v) is 7.92. The molecular weight excluding hydrogens is 392 g/mol. The van der Waals surface area contributed by atoms with Crippen LogP contribution in [-0.2, 0) is 29.0 Å². The summed E-state index contributed by atoms with van der Waals surface area (Å²) in [6.07, 6.45) is 0.322. The zero-order valence-electron chi connectivity index (χ0n) is 17.2. The van der Waals surface area contributed by atoms with Crippen LogP contribution in [0.3, 0.4) is 0 Å². The van der Waals surface area contributed by atoms with Crippen LogP contribution < -0.4 is 0 Å². The topological polar surface area (TPSA) is 78.5 Å². The van der Waals surface area contributed by atoms with Crippen molar-refractivity contribution in [1.29, 1.82) is 0 Å². The Labute approximate surface area is 180 Å². The van der Waals surface area contributed by atoms with Gasteiger partial charge in [0.25, 0.3) is 5.91 Å². The first kappa shape index (κ1) is 19.5. The van der Waals surface area contributed by atoms with Gasteiger partial charge in [0.05, 0.1) is 37.6 Å². The molecule has 3 aromatic rings. The van der Waals surface area contributed by atoms with Crippen LogP contribution in [0.25, 0.3) is 11.3 Å². The van der Waals surface area contributed by atoms with Gasteiger partial charge in [0.15, 0.2) is 0 Å². The van der Waals surface area contributed by atoms with Gasteiger partial charge in [-0.1, -0.05) is 42.5 Å². The summed E-state index contributed by atoms with van der Waals surface area (Å²) in [6.45, 7) is 3.51. The first-order chi connectivity index (χ1) is 15.2. The van der Waals surface area contributed by atoms with Gasteiger partial charge in [-0.05, 0) is 17.7 Å². The Bertz CT molecular complexity index is 1090. The summed E-state index contributed by atoms with van der Waals surface area (Å²) in [7, 11) is 0. The third-order valence-corrected chi connectivity index (χ3v) is 5.90. The van der Waals surface area contributed by atoms with Crippen molar-refractivity contribution in [1.82, 2.24) is 20.0 Å². The molecule has 7 nitrogen and oxygen atoms in total. The summed E-state index contributed by atoms with van der Waals surface area (Å²) in [5.74, 6) is 0.115. The Balaban J connectivity index is 1.33. The van der Waals surface area contributed by atoms with E-state index in [9.17, 15) is 9.59 Å². The normalized spacial score (nSPS) is 16.3. The number of aromatic nitrogens is 2. The lowest BCUT2D eigenvalue weighted by Crippen LogP contribution is -2.40. The Kier molecular flexibility index (Phi) is 5.26. The highest BCUT2D eigenvalue weighted by Crippen LogP contribution is 2.29. The molecule has 1 aromatic heterocycles. The number of morpholine rings is 1. The first-order valence-corrected chi connectivity index (χ1v) is 10.5. The molecule has 0 aliphatic carbocycles. The number of hydrogen-bond acceptors (Lipinski definition) is 4. The van der Waals surface area contributed by atoms with Gasteiger partial charge in [-0.2, -0.15) is 5.10 Å². The maximum absolute atomic E-state index is 12.8. The van der Waals surface area contributed by atoms with E-state index in [1.807, 2.05) is 64.4 Å². The quantitative estimate of drug-likeness (QED) is 0.709. The molecule has 1 N–H and O–H groups in total. The molecule has 3 heterocycles. The van der Waals surface area contributed by atoms with E-state index >= 15 is 0 Å². The van der Waals surface area contributed by atoms with E-state index in [-0.39, 0.29) is 11.8 Å². The summed E-state index contributed by atoms with van der Waals surface area (Å²) >= 11 is 0. The zero-order chi connectivity index (χ0) is 21.2. The van der Waals surface area contributed by atoms with Gasteiger partial charge in [0.1, 0.15) is 0 Å². The number of fused-ring (bicyclic) bond motifs is 1. The molecular formula is C24H24N4O3. The van der Waals surface area contributed by atoms with Crippen LogP contribution in [0.5, 0.6) is 0 Å². The van der Waals surface area contributed by atoms with Crippen molar-refractivity contribution < 1.29 is 14.3 Å². The number of nitrogens with one attached hydrogen (secondary N) is 1. The number of H-pyrrole nitrogens is 1. The van der Waals surface area contributed by atoms with E-state index in [1.54, 1.807) is 0 Å². The summed E-state index contributed by atoms with van der Waals surface area (Å²) in [5.41, 5.74) is 5.37. The molecule has 2 aliphatic rings. The molecule has 1 fully saturated rings. The van der Waals surface area contributed by atoms with Crippen LogP contribution in [0.4, 0.5) is 0 Å². The molecule has 0 spiro atoms. The number of amides is 2. The Morgan fingerprint density at radius 1 is 1.03 bits per heavy atom. The lowest BCUT2D eigenvalue weighted by Gasteiger charge is -2.27. The molecule has 1 saturated heterocycles. The van der Waals surface area contributed by atoms with Crippen LogP contribution in [-0.4, -0.2) is 58.1 Å².